The first-order chi connectivity index (χ1) is 12.1. The Morgan fingerprint density at radius 3 is 2.88 bits per heavy atom. The molecule has 1 heterocycles. The molecule has 1 aromatic carbocycles. The van der Waals surface area contributed by atoms with Gasteiger partial charge in [-0.1, -0.05) is 12.1 Å². The van der Waals surface area contributed by atoms with Crippen LogP contribution < -0.4 is 5.32 Å². The van der Waals surface area contributed by atoms with Gasteiger partial charge in [-0.15, -0.1) is 0 Å². The SMILES string of the molecule is CN(Cc1ccc(O)cc1)C(=O)N[C@@H]1CCCc2c1cnn2CCO. The number of hydrogen-bond acceptors (Lipinski definition) is 4. The van der Waals surface area contributed by atoms with Crippen molar-refractivity contribution in [3.05, 3.63) is 47.3 Å². The lowest BCUT2D eigenvalue weighted by Gasteiger charge is -2.27. The number of carbonyl (C=O) groups is 1. The van der Waals surface area contributed by atoms with Gasteiger partial charge in [0.05, 0.1) is 25.4 Å². The van der Waals surface area contributed by atoms with Crippen LogP contribution in [0.1, 0.15) is 35.7 Å². The molecule has 0 fully saturated rings. The van der Waals surface area contributed by atoms with Crippen LogP contribution in [-0.2, 0) is 19.5 Å². The number of carbonyl (C=O) groups excluding carboxylic acids is 1. The molecule has 7 heteroatoms. The van der Waals surface area contributed by atoms with Crippen molar-refractivity contribution in [2.24, 2.45) is 0 Å². The lowest BCUT2D eigenvalue weighted by atomic mass is 9.93. The molecule has 0 saturated carbocycles. The molecule has 3 rings (SSSR count). The van der Waals surface area contributed by atoms with E-state index in [1.54, 1.807) is 42.4 Å². The van der Waals surface area contributed by atoms with Gasteiger partial charge in [-0.25, -0.2) is 4.79 Å². The van der Waals surface area contributed by atoms with E-state index in [9.17, 15) is 9.90 Å². The Balaban J connectivity index is 1.64. The first kappa shape index (κ1) is 17.3. The molecular formula is C18H24N4O3. The normalized spacial score (nSPS) is 16.3. The first-order valence-electron chi connectivity index (χ1n) is 8.53. The molecule has 0 bridgehead atoms. The Morgan fingerprint density at radius 1 is 1.40 bits per heavy atom. The zero-order valence-electron chi connectivity index (χ0n) is 14.4. The number of hydrogen-bond donors (Lipinski definition) is 3. The Kier molecular flexibility index (Phi) is 5.23. The Morgan fingerprint density at radius 2 is 2.16 bits per heavy atom. The van der Waals surface area contributed by atoms with E-state index >= 15 is 0 Å². The van der Waals surface area contributed by atoms with Crippen molar-refractivity contribution in [3.63, 3.8) is 0 Å². The third kappa shape index (κ3) is 3.93. The van der Waals surface area contributed by atoms with Gasteiger partial charge in [-0.05, 0) is 37.0 Å². The van der Waals surface area contributed by atoms with Crippen LogP contribution >= 0.6 is 0 Å². The molecule has 2 aromatic rings. The Hall–Kier alpha value is -2.54. The van der Waals surface area contributed by atoms with E-state index in [-0.39, 0.29) is 24.4 Å². The van der Waals surface area contributed by atoms with Crippen LogP contribution in [0, 0.1) is 0 Å². The van der Waals surface area contributed by atoms with Crippen molar-refractivity contribution in [3.8, 4) is 5.75 Å². The van der Waals surface area contributed by atoms with Crippen LogP contribution in [-0.4, -0.2) is 44.6 Å². The molecule has 0 aliphatic heterocycles. The quantitative estimate of drug-likeness (QED) is 0.771. The van der Waals surface area contributed by atoms with Crippen LogP contribution in [0.4, 0.5) is 4.79 Å². The molecule has 2 amide bonds. The monoisotopic (exact) mass is 344 g/mol. The van der Waals surface area contributed by atoms with Crippen molar-refractivity contribution in [2.75, 3.05) is 13.7 Å². The summed E-state index contributed by atoms with van der Waals surface area (Å²) in [5.41, 5.74) is 3.11. The van der Waals surface area contributed by atoms with Crippen molar-refractivity contribution in [2.45, 2.75) is 38.4 Å². The summed E-state index contributed by atoms with van der Waals surface area (Å²) in [5.74, 6) is 0.213. The zero-order chi connectivity index (χ0) is 17.8. The second kappa shape index (κ2) is 7.57. The van der Waals surface area contributed by atoms with Crippen molar-refractivity contribution in [1.82, 2.24) is 20.0 Å². The molecule has 1 aliphatic carbocycles. The molecule has 0 unspecified atom stereocenters. The van der Waals surface area contributed by atoms with E-state index in [0.29, 0.717) is 13.1 Å². The highest BCUT2D eigenvalue weighted by Gasteiger charge is 2.26. The van der Waals surface area contributed by atoms with Gasteiger partial charge in [-0.2, -0.15) is 5.10 Å². The number of amides is 2. The molecule has 3 N–H and O–H groups in total. The van der Waals surface area contributed by atoms with E-state index in [0.717, 1.165) is 36.1 Å². The third-order valence-electron chi connectivity index (χ3n) is 4.58. The largest absolute Gasteiger partial charge is 0.508 e. The van der Waals surface area contributed by atoms with E-state index in [4.69, 9.17) is 5.11 Å². The number of phenols is 1. The van der Waals surface area contributed by atoms with Gasteiger partial charge in [0.15, 0.2) is 0 Å². The average Bonchev–Trinajstić information content (AvgIpc) is 3.01. The van der Waals surface area contributed by atoms with E-state index < -0.39 is 0 Å². The fourth-order valence-corrected chi connectivity index (χ4v) is 3.26. The highest BCUT2D eigenvalue weighted by Crippen LogP contribution is 2.29. The van der Waals surface area contributed by atoms with Gasteiger partial charge < -0.3 is 20.4 Å². The van der Waals surface area contributed by atoms with Gasteiger partial charge in [0.2, 0.25) is 0 Å². The minimum atomic E-state index is -0.138. The van der Waals surface area contributed by atoms with E-state index in [1.165, 1.54) is 0 Å². The maximum atomic E-state index is 12.5. The molecule has 0 saturated heterocycles. The molecule has 7 nitrogen and oxygen atoms in total. The second-order valence-electron chi connectivity index (χ2n) is 6.41. The number of urea groups is 1. The van der Waals surface area contributed by atoms with E-state index in [2.05, 4.69) is 10.4 Å². The lowest BCUT2D eigenvalue weighted by Crippen LogP contribution is -2.40. The van der Waals surface area contributed by atoms with Crippen molar-refractivity contribution >= 4 is 6.03 Å². The molecule has 0 spiro atoms. The summed E-state index contributed by atoms with van der Waals surface area (Å²) in [6, 6.07) is 6.65. The van der Waals surface area contributed by atoms with Gasteiger partial charge in [-0.3, -0.25) is 4.68 Å². The van der Waals surface area contributed by atoms with Crippen LogP contribution in [0.2, 0.25) is 0 Å². The molecule has 1 atom stereocenters. The zero-order valence-corrected chi connectivity index (χ0v) is 14.4. The standard InChI is InChI=1S/C18H24N4O3/c1-21(12-13-5-7-14(24)8-6-13)18(25)20-16-3-2-4-17-15(16)11-19-22(17)9-10-23/h5-8,11,16,23-24H,2-4,9-10,12H2,1H3,(H,20,25)/t16-/m1/s1. The molecule has 1 aromatic heterocycles. The van der Waals surface area contributed by atoms with Gasteiger partial charge in [0.1, 0.15) is 5.75 Å². The number of aromatic hydroxyl groups is 1. The first-order valence-corrected chi connectivity index (χ1v) is 8.53. The summed E-state index contributed by atoms with van der Waals surface area (Å²) in [5, 5.41) is 25.9. The number of nitrogens with one attached hydrogen (secondary N) is 1. The minimum Gasteiger partial charge on any atom is -0.508 e. The minimum absolute atomic E-state index is 0.0500. The number of nitrogens with zero attached hydrogens (tertiary/aromatic N) is 3. The summed E-state index contributed by atoms with van der Waals surface area (Å²) in [6.07, 6.45) is 4.59. The number of rotatable bonds is 5. The number of aromatic nitrogens is 2. The summed E-state index contributed by atoms with van der Waals surface area (Å²) in [7, 11) is 1.75. The smallest absolute Gasteiger partial charge is 0.317 e. The summed E-state index contributed by atoms with van der Waals surface area (Å²) in [4.78, 5) is 14.1. The number of phenolic OH excluding ortho intramolecular Hbond substituents is 1. The maximum absolute atomic E-state index is 12.5. The summed E-state index contributed by atoms with van der Waals surface area (Å²) in [6.45, 7) is 1.01. The van der Waals surface area contributed by atoms with Gasteiger partial charge >= 0.3 is 6.03 Å². The van der Waals surface area contributed by atoms with Crippen LogP contribution in [0.25, 0.3) is 0 Å². The third-order valence-corrected chi connectivity index (χ3v) is 4.58. The predicted octanol–water partition coefficient (Wildman–Crippen LogP) is 1.80. The van der Waals surface area contributed by atoms with Crippen LogP contribution in [0.15, 0.2) is 30.5 Å². The predicted molar refractivity (Wildman–Crippen MR) is 93.1 cm³/mol. The topological polar surface area (TPSA) is 90.6 Å². The number of aliphatic hydroxyl groups is 1. The summed E-state index contributed by atoms with van der Waals surface area (Å²) < 4.78 is 1.83. The van der Waals surface area contributed by atoms with Gasteiger partial charge in [0.25, 0.3) is 0 Å². The number of benzene rings is 1. The molecule has 1 aliphatic rings. The molecule has 134 valence electrons. The highest BCUT2D eigenvalue weighted by molar-refractivity contribution is 5.74. The van der Waals surface area contributed by atoms with Crippen LogP contribution in [0.5, 0.6) is 5.75 Å². The van der Waals surface area contributed by atoms with Crippen molar-refractivity contribution < 1.29 is 15.0 Å². The highest BCUT2D eigenvalue weighted by atomic mass is 16.3. The maximum Gasteiger partial charge on any atom is 0.317 e. The molecule has 0 radical (unpaired) electrons. The summed E-state index contributed by atoms with van der Waals surface area (Å²) >= 11 is 0. The van der Waals surface area contributed by atoms with E-state index in [1.807, 2.05) is 4.68 Å². The number of fused-ring (bicyclic) bond motifs is 1. The average molecular weight is 344 g/mol. The Bertz CT molecular complexity index is 726. The fourth-order valence-electron chi connectivity index (χ4n) is 3.26. The number of aliphatic hydroxyl groups excluding tert-OH is 1. The van der Waals surface area contributed by atoms with Crippen molar-refractivity contribution in [1.29, 1.82) is 0 Å². The van der Waals surface area contributed by atoms with Gasteiger partial charge in [0, 0.05) is 24.8 Å². The molecular weight excluding hydrogens is 320 g/mol. The lowest BCUT2D eigenvalue weighted by molar-refractivity contribution is 0.201. The van der Waals surface area contributed by atoms with Crippen LogP contribution in [0.3, 0.4) is 0 Å². The Labute approximate surface area is 146 Å². The molecule has 25 heavy (non-hydrogen) atoms. The fraction of sp³-hybridized carbons (Fsp3) is 0.444. The second-order valence-corrected chi connectivity index (χ2v) is 6.41.